The maximum Gasteiger partial charge on any atom is 0.191 e. The van der Waals surface area contributed by atoms with Gasteiger partial charge in [-0.2, -0.15) is 5.10 Å². The highest BCUT2D eigenvalue weighted by Crippen LogP contribution is 2.28. The van der Waals surface area contributed by atoms with Crippen LogP contribution in [0.1, 0.15) is 43.9 Å². The fraction of sp³-hybridized carbons (Fsp3) is 0.565. The summed E-state index contributed by atoms with van der Waals surface area (Å²) >= 11 is 0. The van der Waals surface area contributed by atoms with Crippen LogP contribution in [0, 0.1) is 12.8 Å². The number of guanidine groups is 1. The Hall–Kier alpha value is -1.61. The zero-order valence-corrected chi connectivity index (χ0v) is 20.6. The normalized spacial score (nSPS) is 13.7. The predicted octanol–water partition coefficient (Wildman–Crippen LogP) is 4.10. The number of hydrogen-bond acceptors (Lipinski definition) is 3. The molecule has 1 heterocycles. The zero-order chi connectivity index (χ0) is 20.3. The molecule has 1 fully saturated rings. The largest absolute Gasteiger partial charge is 0.381 e. The summed E-state index contributed by atoms with van der Waals surface area (Å²) in [6.07, 6.45) is 7.83. The average molecular weight is 525 g/mol. The third kappa shape index (κ3) is 8.63. The van der Waals surface area contributed by atoms with Gasteiger partial charge in [-0.05, 0) is 69.6 Å². The molecule has 1 aliphatic rings. The van der Waals surface area contributed by atoms with Gasteiger partial charge in [0.1, 0.15) is 0 Å². The second-order valence-corrected chi connectivity index (χ2v) is 7.68. The lowest BCUT2D eigenvalue weighted by molar-refractivity contribution is 0.123. The minimum Gasteiger partial charge on any atom is -0.381 e. The van der Waals surface area contributed by atoms with Crippen molar-refractivity contribution in [1.82, 2.24) is 20.4 Å². The smallest absolute Gasteiger partial charge is 0.191 e. The van der Waals surface area contributed by atoms with Crippen molar-refractivity contribution < 1.29 is 4.74 Å². The van der Waals surface area contributed by atoms with Crippen LogP contribution < -0.4 is 10.6 Å². The van der Waals surface area contributed by atoms with Gasteiger partial charge >= 0.3 is 0 Å². The average Bonchev–Trinajstić information content (AvgIpc) is 3.49. The van der Waals surface area contributed by atoms with Gasteiger partial charge in [0.05, 0.1) is 11.4 Å². The first-order valence-corrected chi connectivity index (χ1v) is 11.0. The molecular weight excluding hydrogens is 489 g/mol. The van der Waals surface area contributed by atoms with Gasteiger partial charge in [-0.15, -0.1) is 24.0 Å². The number of para-hydroxylation sites is 1. The van der Waals surface area contributed by atoms with Crippen LogP contribution in [0.25, 0.3) is 5.69 Å². The fourth-order valence-electron chi connectivity index (χ4n) is 3.17. The van der Waals surface area contributed by atoms with Gasteiger partial charge in [0.15, 0.2) is 5.96 Å². The maximum atomic E-state index is 5.68. The second kappa shape index (κ2) is 13.6. The number of hydrogen-bond donors (Lipinski definition) is 2. The highest BCUT2D eigenvalue weighted by atomic mass is 127. The number of aromatic nitrogens is 2. The molecule has 7 heteroatoms. The van der Waals surface area contributed by atoms with Crippen LogP contribution in [0.2, 0.25) is 0 Å². The zero-order valence-electron chi connectivity index (χ0n) is 18.3. The van der Waals surface area contributed by atoms with Crippen LogP contribution >= 0.6 is 24.0 Å². The van der Waals surface area contributed by atoms with Crippen molar-refractivity contribution in [3.63, 3.8) is 0 Å². The monoisotopic (exact) mass is 525 g/mol. The number of aryl methyl sites for hydroxylation is 2. The van der Waals surface area contributed by atoms with Crippen LogP contribution in [0.3, 0.4) is 0 Å². The predicted molar refractivity (Wildman–Crippen MR) is 134 cm³/mol. The van der Waals surface area contributed by atoms with E-state index in [0.717, 1.165) is 75.4 Å². The molecule has 2 N–H and O–H groups in total. The van der Waals surface area contributed by atoms with E-state index in [-0.39, 0.29) is 24.0 Å². The Balaban J connectivity index is 0.00000320. The molecule has 1 saturated carbocycles. The summed E-state index contributed by atoms with van der Waals surface area (Å²) in [7, 11) is 0. The molecule has 0 bridgehead atoms. The van der Waals surface area contributed by atoms with Gasteiger partial charge in [-0.1, -0.05) is 18.2 Å². The maximum absolute atomic E-state index is 5.68. The molecule has 0 atom stereocenters. The number of aliphatic imine (C=N–C) groups is 1. The Bertz CT molecular complexity index is 758. The third-order valence-electron chi connectivity index (χ3n) is 5.05. The highest BCUT2D eigenvalue weighted by Gasteiger charge is 2.20. The molecule has 0 radical (unpaired) electrons. The van der Waals surface area contributed by atoms with E-state index in [1.165, 1.54) is 18.4 Å². The first-order chi connectivity index (χ1) is 14.3. The number of rotatable bonds is 12. The van der Waals surface area contributed by atoms with Crippen molar-refractivity contribution in [2.75, 3.05) is 32.8 Å². The fourth-order valence-corrected chi connectivity index (χ4v) is 3.17. The number of benzene rings is 1. The molecule has 0 spiro atoms. The summed E-state index contributed by atoms with van der Waals surface area (Å²) < 4.78 is 7.65. The molecule has 166 valence electrons. The van der Waals surface area contributed by atoms with Crippen molar-refractivity contribution in [3.8, 4) is 5.69 Å². The molecule has 1 aromatic carbocycles. The van der Waals surface area contributed by atoms with E-state index >= 15 is 0 Å². The van der Waals surface area contributed by atoms with Gasteiger partial charge in [-0.3, -0.25) is 4.99 Å². The highest BCUT2D eigenvalue weighted by molar-refractivity contribution is 14.0. The molecule has 1 aliphatic carbocycles. The van der Waals surface area contributed by atoms with E-state index in [0.29, 0.717) is 0 Å². The van der Waals surface area contributed by atoms with Crippen LogP contribution in [0.5, 0.6) is 0 Å². The van der Waals surface area contributed by atoms with Crippen molar-refractivity contribution in [1.29, 1.82) is 0 Å². The second-order valence-electron chi connectivity index (χ2n) is 7.68. The summed E-state index contributed by atoms with van der Waals surface area (Å²) in [5.41, 5.74) is 3.48. The van der Waals surface area contributed by atoms with E-state index in [1.807, 2.05) is 22.9 Å². The summed E-state index contributed by atoms with van der Waals surface area (Å²) in [6, 6.07) is 10.2. The standard InChI is InChI=1S/C23H35N5O.HI/c1-3-24-23(26-15-8-16-29-18-20-12-13-20)25-14-7-9-21-17-28(27-19(21)2)22-10-5-4-6-11-22;/h4-6,10-11,17,20H,3,7-9,12-16,18H2,1-2H3,(H2,24,25,26);1H. The van der Waals surface area contributed by atoms with Crippen molar-refractivity contribution in [3.05, 3.63) is 47.8 Å². The first kappa shape index (κ1) is 24.7. The summed E-state index contributed by atoms with van der Waals surface area (Å²) in [4.78, 5) is 4.71. The summed E-state index contributed by atoms with van der Waals surface area (Å²) in [6.45, 7) is 8.49. The number of nitrogens with zero attached hydrogens (tertiary/aromatic N) is 3. The molecule has 0 aliphatic heterocycles. The SMILES string of the molecule is CCNC(=NCCCc1cn(-c2ccccc2)nc1C)NCCCOCC1CC1.I. The third-order valence-corrected chi connectivity index (χ3v) is 5.05. The minimum atomic E-state index is 0. The Morgan fingerprint density at radius 1 is 1.20 bits per heavy atom. The van der Waals surface area contributed by atoms with Gasteiger partial charge in [-0.25, -0.2) is 4.68 Å². The van der Waals surface area contributed by atoms with Crippen LogP contribution in [-0.4, -0.2) is 48.6 Å². The van der Waals surface area contributed by atoms with Crippen LogP contribution in [-0.2, 0) is 11.2 Å². The molecular formula is C23H36IN5O. The summed E-state index contributed by atoms with van der Waals surface area (Å²) in [5, 5.41) is 11.4. The van der Waals surface area contributed by atoms with E-state index in [9.17, 15) is 0 Å². The molecule has 6 nitrogen and oxygen atoms in total. The number of ether oxygens (including phenoxy) is 1. The lowest BCUT2D eigenvalue weighted by atomic mass is 10.1. The van der Waals surface area contributed by atoms with Crippen molar-refractivity contribution >= 4 is 29.9 Å². The number of halogens is 1. The van der Waals surface area contributed by atoms with E-state index in [1.54, 1.807) is 0 Å². The molecule has 0 unspecified atom stereocenters. The molecule has 1 aromatic heterocycles. The molecule has 0 saturated heterocycles. The first-order valence-electron chi connectivity index (χ1n) is 11.0. The van der Waals surface area contributed by atoms with Crippen molar-refractivity contribution in [2.24, 2.45) is 10.9 Å². The summed E-state index contributed by atoms with van der Waals surface area (Å²) in [5.74, 6) is 1.73. The number of nitrogens with one attached hydrogen (secondary N) is 2. The topological polar surface area (TPSA) is 63.5 Å². The minimum absolute atomic E-state index is 0. The molecule has 30 heavy (non-hydrogen) atoms. The van der Waals surface area contributed by atoms with Gasteiger partial charge in [0.25, 0.3) is 0 Å². The van der Waals surface area contributed by atoms with Gasteiger partial charge in [0.2, 0.25) is 0 Å². The van der Waals surface area contributed by atoms with Crippen LogP contribution in [0.15, 0.2) is 41.5 Å². The molecule has 2 aromatic rings. The Morgan fingerprint density at radius 2 is 2.00 bits per heavy atom. The Labute approximate surface area is 197 Å². The van der Waals surface area contributed by atoms with Crippen molar-refractivity contribution in [2.45, 2.75) is 46.0 Å². The molecule has 3 rings (SSSR count). The van der Waals surface area contributed by atoms with Gasteiger partial charge < -0.3 is 15.4 Å². The van der Waals surface area contributed by atoms with Gasteiger partial charge in [0, 0.05) is 39.0 Å². The Morgan fingerprint density at radius 3 is 2.73 bits per heavy atom. The van der Waals surface area contributed by atoms with E-state index in [4.69, 9.17) is 9.73 Å². The quantitative estimate of drug-likeness (QED) is 0.190. The lowest BCUT2D eigenvalue weighted by Crippen LogP contribution is -2.38. The van der Waals surface area contributed by atoms with E-state index in [2.05, 4.69) is 47.9 Å². The van der Waals surface area contributed by atoms with E-state index < -0.39 is 0 Å². The Kier molecular flexibility index (Phi) is 11.2. The van der Waals surface area contributed by atoms with Crippen LogP contribution in [0.4, 0.5) is 0 Å². The lowest BCUT2D eigenvalue weighted by Gasteiger charge is -2.11. The molecule has 0 amide bonds.